The molecule has 1 aromatic carbocycles. The van der Waals surface area contributed by atoms with Crippen molar-refractivity contribution < 1.29 is 9.13 Å². The summed E-state index contributed by atoms with van der Waals surface area (Å²) >= 11 is 5.72. The minimum atomic E-state index is -0.505. The normalized spacial score (nSPS) is 9.56. The molecule has 0 saturated heterocycles. The fourth-order valence-electron chi connectivity index (χ4n) is 1.61. The summed E-state index contributed by atoms with van der Waals surface area (Å²) in [4.78, 5) is 2.79. The number of hydrogen-bond acceptors (Lipinski definition) is 2. The van der Waals surface area contributed by atoms with E-state index in [9.17, 15) is 4.39 Å². The molecule has 18 heavy (non-hydrogen) atoms. The largest absolute Gasteiger partial charge is 0.478 e. The molecular formula is C13H14ClFN2O. The highest BCUT2D eigenvalue weighted by atomic mass is 35.5. The van der Waals surface area contributed by atoms with Gasteiger partial charge in [-0.25, -0.2) is 4.39 Å². The predicted octanol–water partition coefficient (Wildman–Crippen LogP) is 4.20. The summed E-state index contributed by atoms with van der Waals surface area (Å²) in [6.45, 7) is 5.73. The second-order valence-corrected chi connectivity index (χ2v) is 3.75. The van der Waals surface area contributed by atoms with Crippen LogP contribution < -0.4 is 4.74 Å². The highest BCUT2D eigenvalue weighted by Gasteiger charge is 2.15. The van der Waals surface area contributed by atoms with Crippen molar-refractivity contribution in [3.05, 3.63) is 28.7 Å². The number of halogens is 2. The lowest BCUT2D eigenvalue weighted by Gasteiger charge is -2.06. The van der Waals surface area contributed by atoms with E-state index in [0.717, 1.165) is 5.56 Å². The molecule has 0 amide bonds. The van der Waals surface area contributed by atoms with Gasteiger partial charge >= 0.3 is 0 Å². The second kappa shape index (κ2) is 6.27. The van der Waals surface area contributed by atoms with Gasteiger partial charge in [-0.05, 0) is 12.5 Å². The molecule has 1 aromatic heterocycles. The summed E-state index contributed by atoms with van der Waals surface area (Å²) < 4.78 is 18.8. The van der Waals surface area contributed by atoms with Crippen LogP contribution in [0.1, 0.15) is 19.4 Å². The number of aromatic nitrogens is 1. The molecular weight excluding hydrogens is 255 g/mol. The van der Waals surface area contributed by atoms with Gasteiger partial charge < -0.3 is 9.72 Å². The van der Waals surface area contributed by atoms with Crippen LogP contribution in [0, 0.1) is 24.1 Å². The third-order valence-electron chi connectivity index (χ3n) is 2.30. The van der Waals surface area contributed by atoms with Gasteiger partial charge in [-0.15, -0.1) is 0 Å². The summed E-state index contributed by atoms with van der Waals surface area (Å²) in [6.07, 6.45) is 1.67. The monoisotopic (exact) mass is 268 g/mol. The molecule has 0 spiro atoms. The van der Waals surface area contributed by atoms with Crippen molar-refractivity contribution in [2.75, 3.05) is 6.61 Å². The summed E-state index contributed by atoms with van der Waals surface area (Å²) in [5.41, 5.74) is 1.15. The van der Waals surface area contributed by atoms with Gasteiger partial charge in [0, 0.05) is 17.6 Å². The Kier molecular flexibility index (Phi) is 4.99. The summed E-state index contributed by atoms with van der Waals surface area (Å²) in [7, 11) is 0. The van der Waals surface area contributed by atoms with E-state index >= 15 is 0 Å². The number of aryl methyl sites for hydroxylation is 1. The maximum atomic E-state index is 13.6. The number of nitriles is 1. The third-order valence-corrected chi connectivity index (χ3v) is 2.58. The van der Waals surface area contributed by atoms with Crippen molar-refractivity contribution in [3.8, 4) is 11.8 Å². The molecule has 96 valence electrons. The molecule has 5 heteroatoms. The average molecular weight is 269 g/mol. The Morgan fingerprint density at radius 1 is 1.50 bits per heavy atom. The van der Waals surface area contributed by atoms with E-state index in [0.29, 0.717) is 16.7 Å². The number of benzene rings is 1. The van der Waals surface area contributed by atoms with Gasteiger partial charge in [0.1, 0.15) is 11.8 Å². The van der Waals surface area contributed by atoms with Crippen LogP contribution in [-0.2, 0) is 0 Å². The Hall–Kier alpha value is -1.73. The van der Waals surface area contributed by atoms with Crippen molar-refractivity contribution in [1.82, 2.24) is 4.98 Å². The fraction of sp³-hybridized carbons (Fsp3) is 0.308. The first-order valence-corrected chi connectivity index (χ1v) is 5.98. The number of hydrogen-bond donors (Lipinski definition) is 1. The van der Waals surface area contributed by atoms with Gasteiger partial charge in [0.25, 0.3) is 0 Å². The number of aromatic amines is 1. The first kappa shape index (κ1) is 14.3. The molecule has 0 aliphatic rings. The standard InChI is InChI=1S/C11H8ClFN2O.C2H6/c1-6-5-15-11-9(6)8(16-3-2-14)4-7(12)10(11)13;1-2/h4-5,15H,3H2,1H3;1-2H3. The molecule has 0 unspecified atom stereocenters. The smallest absolute Gasteiger partial charge is 0.174 e. The van der Waals surface area contributed by atoms with E-state index in [1.807, 2.05) is 26.8 Å². The van der Waals surface area contributed by atoms with E-state index in [1.54, 1.807) is 6.20 Å². The minimum absolute atomic E-state index is 0.0257. The number of ether oxygens (including phenoxy) is 1. The van der Waals surface area contributed by atoms with Crippen LogP contribution in [0.15, 0.2) is 12.3 Å². The molecule has 0 radical (unpaired) electrons. The lowest BCUT2D eigenvalue weighted by atomic mass is 10.1. The molecule has 1 N–H and O–H groups in total. The van der Waals surface area contributed by atoms with Crippen molar-refractivity contribution in [1.29, 1.82) is 5.26 Å². The molecule has 2 aromatic rings. The zero-order chi connectivity index (χ0) is 13.7. The molecule has 0 fully saturated rings. The van der Waals surface area contributed by atoms with E-state index < -0.39 is 5.82 Å². The van der Waals surface area contributed by atoms with Crippen LogP contribution in [0.4, 0.5) is 4.39 Å². The second-order valence-electron chi connectivity index (χ2n) is 3.34. The van der Waals surface area contributed by atoms with Crippen molar-refractivity contribution in [3.63, 3.8) is 0 Å². The highest BCUT2D eigenvalue weighted by Crippen LogP contribution is 2.34. The van der Waals surface area contributed by atoms with Gasteiger partial charge in [-0.2, -0.15) is 5.26 Å². The Balaban J connectivity index is 0.000000771. The zero-order valence-corrected chi connectivity index (χ0v) is 11.2. The average Bonchev–Trinajstić information content (AvgIpc) is 2.77. The molecule has 2 rings (SSSR count). The number of fused-ring (bicyclic) bond motifs is 1. The van der Waals surface area contributed by atoms with Crippen molar-refractivity contribution >= 4 is 22.5 Å². The van der Waals surface area contributed by atoms with Gasteiger partial charge in [0.2, 0.25) is 0 Å². The van der Waals surface area contributed by atoms with E-state index in [-0.39, 0.29) is 11.6 Å². The van der Waals surface area contributed by atoms with Gasteiger partial charge in [0.15, 0.2) is 12.4 Å². The lowest BCUT2D eigenvalue weighted by molar-refractivity contribution is 0.372. The maximum absolute atomic E-state index is 13.6. The first-order chi connectivity index (χ1) is 8.65. The van der Waals surface area contributed by atoms with Crippen LogP contribution in [0.25, 0.3) is 10.9 Å². The quantitative estimate of drug-likeness (QED) is 0.887. The molecule has 0 atom stereocenters. The van der Waals surface area contributed by atoms with Crippen molar-refractivity contribution in [2.24, 2.45) is 0 Å². The SMILES string of the molecule is CC.Cc1c[nH]c2c(F)c(Cl)cc(OCC#N)c12. The Morgan fingerprint density at radius 2 is 2.17 bits per heavy atom. The topological polar surface area (TPSA) is 48.8 Å². The van der Waals surface area contributed by atoms with Crippen LogP contribution in [-0.4, -0.2) is 11.6 Å². The number of H-pyrrole nitrogens is 1. The molecule has 0 bridgehead atoms. The number of nitrogens with one attached hydrogen (secondary N) is 1. The maximum Gasteiger partial charge on any atom is 0.174 e. The van der Waals surface area contributed by atoms with Crippen LogP contribution in [0.5, 0.6) is 5.75 Å². The van der Waals surface area contributed by atoms with Gasteiger partial charge in [0.05, 0.1) is 10.5 Å². The van der Waals surface area contributed by atoms with E-state index in [2.05, 4.69) is 4.98 Å². The van der Waals surface area contributed by atoms with Crippen LogP contribution in [0.2, 0.25) is 5.02 Å². The van der Waals surface area contributed by atoms with Crippen molar-refractivity contribution in [2.45, 2.75) is 20.8 Å². The number of rotatable bonds is 2. The minimum Gasteiger partial charge on any atom is -0.478 e. The summed E-state index contributed by atoms with van der Waals surface area (Å²) in [5.74, 6) is -0.0872. The first-order valence-electron chi connectivity index (χ1n) is 5.60. The molecule has 0 aliphatic carbocycles. The zero-order valence-electron chi connectivity index (χ0n) is 10.5. The van der Waals surface area contributed by atoms with E-state index in [1.165, 1.54) is 6.07 Å². The Labute approximate surface area is 110 Å². The van der Waals surface area contributed by atoms with Gasteiger partial charge in [-0.1, -0.05) is 25.4 Å². The predicted molar refractivity (Wildman–Crippen MR) is 70.5 cm³/mol. The Bertz CT molecular complexity index is 587. The summed E-state index contributed by atoms with van der Waals surface area (Å²) in [5, 5.41) is 9.05. The fourth-order valence-corrected chi connectivity index (χ4v) is 1.80. The molecule has 3 nitrogen and oxygen atoms in total. The lowest BCUT2D eigenvalue weighted by Crippen LogP contribution is -1.95. The van der Waals surface area contributed by atoms with E-state index in [4.69, 9.17) is 21.6 Å². The van der Waals surface area contributed by atoms with Crippen LogP contribution in [0.3, 0.4) is 0 Å². The molecule has 0 aliphatic heterocycles. The third kappa shape index (κ3) is 2.57. The van der Waals surface area contributed by atoms with Gasteiger partial charge in [-0.3, -0.25) is 0 Å². The van der Waals surface area contributed by atoms with Crippen LogP contribution >= 0.6 is 11.6 Å². The Morgan fingerprint density at radius 3 is 2.78 bits per heavy atom. The molecule has 1 heterocycles. The number of nitrogens with zero attached hydrogens (tertiary/aromatic N) is 1. The molecule has 0 saturated carbocycles. The highest BCUT2D eigenvalue weighted by molar-refractivity contribution is 6.31. The summed E-state index contributed by atoms with van der Waals surface area (Å²) in [6, 6.07) is 3.24.